The Labute approximate surface area is 149 Å². The molecule has 0 radical (unpaired) electrons. The second-order valence-corrected chi connectivity index (χ2v) is 5.66. The van der Waals surface area contributed by atoms with Crippen molar-refractivity contribution in [2.24, 2.45) is 0 Å². The molecule has 1 amide bonds. The van der Waals surface area contributed by atoms with Gasteiger partial charge in [0.25, 0.3) is 0 Å². The Morgan fingerprint density at radius 3 is 2.27 bits per heavy atom. The van der Waals surface area contributed by atoms with Crippen LogP contribution in [-0.2, 0) is 9.59 Å². The van der Waals surface area contributed by atoms with Gasteiger partial charge in [-0.25, -0.2) is 0 Å². The highest BCUT2D eigenvalue weighted by atomic mass is 16.5. The molecule has 0 aliphatic rings. The summed E-state index contributed by atoms with van der Waals surface area (Å²) in [4.78, 5) is 24.5. The molecule has 3 rings (SSSR count). The van der Waals surface area contributed by atoms with Gasteiger partial charge in [0.1, 0.15) is 28.3 Å². The van der Waals surface area contributed by atoms with E-state index in [1.165, 1.54) is 18.8 Å². The average Bonchev–Trinajstić information content (AvgIpc) is 3.03. The van der Waals surface area contributed by atoms with Crippen molar-refractivity contribution in [2.75, 3.05) is 19.5 Å². The standard InChI is InChI=1S/C18H18N4O4/c1-11(23)8-18(24)19-16-9-14-15(10-17(16)26-3)21-22(20-14)12-4-6-13(25-2)7-5-12/h4-7,9-10H,8H2,1-3H3,(H,19,24). The first-order chi connectivity index (χ1) is 12.5. The van der Waals surface area contributed by atoms with Crippen LogP contribution in [0, 0.1) is 0 Å². The minimum Gasteiger partial charge on any atom is -0.497 e. The molecule has 8 heteroatoms. The quantitative estimate of drug-likeness (QED) is 0.683. The number of benzene rings is 2. The molecule has 0 saturated carbocycles. The molecule has 2 aromatic carbocycles. The van der Waals surface area contributed by atoms with Crippen LogP contribution in [0.15, 0.2) is 36.4 Å². The molecule has 134 valence electrons. The first-order valence-corrected chi connectivity index (χ1v) is 7.89. The summed E-state index contributed by atoms with van der Waals surface area (Å²) in [6.07, 6.45) is -0.195. The lowest BCUT2D eigenvalue weighted by molar-refractivity contribution is -0.124. The molecule has 0 spiro atoms. The second kappa shape index (κ2) is 7.22. The normalized spacial score (nSPS) is 10.6. The van der Waals surface area contributed by atoms with Crippen LogP contribution in [0.25, 0.3) is 16.7 Å². The molecule has 0 bridgehead atoms. The van der Waals surface area contributed by atoms with Crippen molar-refractivity contribution >= 4 is 28.4 Å². The van der Waals surface area contributed by atoms with Gasteiger partial charge in [0, 0.05) is 6.07 Å². The summed E-state index contributed by atoms with van der Waals surface area (Å²) in [5.74, 6) is 0.560. The number of amides is 1. The van der Waals surface area contributed by atoms with Gasteiger partial charge in [-0.05, 0) is 37.3 Å². The third-order valence-electron chi connectivity index (χ3n) is 3.69. The highest BCUT2D eigenvalue weighted by Gasteiger charge is 2.14. The summed E-state index contributed by atoms with van der Waals surface area (Å²) in [5, 5.41) is 11.5. The van der Waals surface area contributed by atoms with Crippen LogP contribution >= 0.6 is 0 Å². The van der Waals surface area contributed by atoms with Crippen LogP contribution in [-0.4, -0.2) is 40.9 Å². The van der Waals surface area contributed by atoms with Crippen molar-refractivity contribution < 1.29 is 19.1 Å². The van der Waals surface area contributed by atoms with Gasteiger partial charge in [0.2, 0.25) is 5.91 Å². The molecule has 3 aromatic rings. The van der Waals surface area contributed by atoms with E-state index in [0.29, 0.717) is 22.5 Å². The molecule has 0 aliphatic carbocycles. The SMILES string of the molecule is COc1ccc(-n2nc3cc(NC(=O)CC(C)=O)c(OC)cc3n2)cc1. The number of anilines is 1. The number of hydrogen-bond donors (Lipinski definition) is 1. The van der Waals surface area contributed by atoms with Gasteiger partial charge in [-0.15, -0.1) is 10.2 Å². The van der Waals surface area contributed by atoms with Crippen LogP contribution in [0.5, 0.6) is 11.5 Å². The van der Waals surface area contributed by atoms with Gasteiger partial charge in [-0.2, -0.15) is 4.80 Å². The van der Waals surface area contributed by atoms with E-state index in [9.17, 15) is 9.59 Å². The van der Waals surface area contributed by atoms with Crippen molar-refractivity contribution in [2.45, 2.75) is 13.3 Å². The summed E-state index contributed by atoms with van der Waals surface area (Å²) >= 11 is 0. The Hall–Kier alpha value is -3.42. The van der Waals surface area contributed by atoms with Crippen molar-refractivity contribution in [1.82, 2.24) is 15.0 Å². The molecule has 1 N–H and O–H groups in total. The van der Waals surface area contributed by atoms with Gasteiger partial charge < -0.3 is 14.8 Å². The number of carbonyl (C=O) groups excluding carboxylic acids is 2. The maximum Gasteiger partial charge on any atom is 0.231 e. The van der Waals surface area contributed by atoms with Gasteiger partial charge in [-0.1, -0.05) is 0 Å². The molecule has 0 unspecified atom stereocenters. The zero-order valence-electron chi connectivity index (χ0n) is 14.6. The summed E-state index contributed by atoms with van der Waals surface area (Å²) in [6, 6.07) is 10.7. The van der Waals surface area contributed by atoms with E-state index in [4.69, 9.17) is 9.47 Å². The minimum atomic E-state index is -0.405. The second-order valence-electron chi connectivity index (χ2n) is 5.66. The molecule has 1 aromatic heterocycles. The molecule has 26 heavy (non-hydrogen) atoms. The number of Topliss-reactive ketones (excluding diaryl/α,β-unsaturated/α-hetero) is 1. The number of aromatic nitrogens is 3. The molecule has 0 saturated heterocycles. The topological polar surface area (TPSA) is 95.3 Å². The fourth-order valence-corrected chi connectivity index (χ4v) is 2.46. The third-order valence-corrected chi connectivity index (χ3v) is 3.69. The minimum absolute atomic E-state index is 0.195. The molecule has 8 nitrogen and oxygen atoms in total. The number of nitrogens with zero attached hydrogens (tertiary/aromatic N) is 3. The van der Waals surface area contributed by atoms with Crippen LogP contribution in [0.4, 0.5) is 5.69 Å². The first-order valence-electron chi connectivity index (χ1n) is 7.89. The number of carbonyl (C=O) groups is 2. The van der Waals surface area contributed by atoms with Gasteiger partial charge in [0.15, 0.2) is 0 Å². The number of methoxy groups -OCH3 is 2. The monoisotopic (exact) mass is 354 g/mol. The predicted octanol–water partition coefficient (Wildman–Crippen LogP) is 2.36. The van der Waals surface area contributed by atoms with Crippen LogP contribution in [0.1, 0.15) is 13.3 Å². The number of rotatable bonds is 6. The van der Waals surface area contributed by atoms with Gasteiger partial charge >= 0.3 is 0 Å². The van der Waals surface area contributed by atoms with Crippen LogP contribution in [0.2, 0.25) is 0 Å². The van der Waals surface area contributed by atoms with Crippen molar-refractivity contribution in [1.29, 1.82) is 0 Å². The Morgan fingerprint density at radius 2 is 1.69 bits per heavy atom. The average molecular weight is 354 g/mol. The van der Waals surface area contributed by atoms with Gasteiger partial charge in [0.05, 0.1) is 32.0 Å². The Kier molecular flexibility index (Phi) is 4.83. The zero-order valence-corrected chi connectivity index (χ0v) is 14.6. The van der Waals surface area contributed by atoms with Crippen LogP contribution < -0.4 is 14.8 Å². The highest BCUT2D eigenvalue weighted by molar-refractivity contribution is 6.04. The van der Waals surface area contributed by atoms with E-state index < -0.39 is 5.91 Å². The summed E-state index contributed by atoms with van der Waals surface area (Å²) < 4.78 is 10.5. The van der Waals surface area contributed by atoms with E-state index in [0.717, 1.165) is 11.4 Å². The van der Waals surface area contributed by atoms with E-state index >= 15 is 0 Å². The Morgan fingerprint density at radius 1 is 1.04 bits per heavy atom. The Balaban J connectivity index is 1.95. The highest BCUT2D eigenvalue weighted by Crippen LogP contribution is 2.29. The lowest BCUT2D eigenvalue weighted by atomic mass is 10.2. The summed E-state index contributed by atoms with van der Waals surface area (Å²) in [6.45, 7) is 1.36. The molecule has 0 aliphatic heterocycles. The number of ketones is 1. The first kappa shape index (κ1) is 17.4. The lowest BCUT2D eigenvalue weighted by Crippen LogP contribution is -2.15. The van der Waals surface area contributed by atoms with Crippen molar-refractivity contribution in [3.8, 4) is 17.2 Å². The van der Waals surface area contributed by atoms with E-state index in [1.807, 2.05) is 24.3 Å². The third kappa shape index (κ3) is 3.64. The molecular weight excluding hydrogens is 336 g/mol. The van der Waals surface area contributed by atoms with E-state index in [-0.39, 0.29) is 12.2 Å². The fourth-order valence-electron chi connectivity index (χ4n) is 2.46. The number of nitrogens with one attached hydrogen (secondary N) is 1. The van der Waals surface area contributed by atoms with E-state index in [2.05, 4.69) is 15.5 Å². The van der Waals surface area contributed by atoms with Crippen molar-refractivity contribution in [3.63, 3.8) is 0 Å². The maximum absolute atomic E-state index is 11.9. The largest absolute Gasteiger partial charge is 0.497 e. The number of fused-ring (bicyclic) bond motifs is 1. The predicted molar refractivity (Wildman–Crippen MR) is 95.9 cm³/mol. The van der Waals surface area contributed by atoms with Crippen LogP contribution in [0.3, 0.4) is 0 Å². The molecule has 0 atom stereocenters. The Bertz CT molecular complexity index is 963. The zero-order chi connectivity index (χ0) is 18.7. The summed E-state index contributed by atoms with van der Waals surface area (Å²) in [7, 11) is 3.10. The number of hydrogen-bond acceptors (Lipinski definition) is 6. The molecule has 0 fully saturated rings. The maximum atomic E-state index is 11.9. The summed E-state index contributed by atoms with van der Waals surface area (Å²) in [5.41, 5.74) is 2.40. The lowest BCUT2D eigenvalue weighted by Gasteiger charge is -2.09. The van der Waals surface area contributed by atoms with Crippen molar-refractivity contribution in [3.05, 3.63) is 36.4 Å². The van der Waals surface area contributed by atoms with Gasteiger partial charge in [-0.3, -0.25) is 9.59 Å². The molecule has 1 heterocycles. The van der Waals surface area contributed by atoms with E-state index in [1.54, 1.807) is 19.2 Å². The smallest absolute Gasteiger partial charge is 0.231 e. The fraction of sp³-hybridized carbons (Fsp3) is 0.222. The molecular formula is C18H18N4O4. The number of ether oxygens (including phenoxy) is 2.